The Bertz CT molecular complexity index is 441. The van der Waals surface area contributed by atoms with Gasteiger partial charge in [0.1, 0.15) is 4.60 Å². The lowest BCUT2D eigenvalue weighted by Gasteiger charge is -2.12. The summed E-state index contributed by atoms with van der Waals surface area (Å²) in [5.74, 6) is -0.564. The number of esters is 1. The standard InChI is InChI=1S/C11H11Br2F2NO2/c1-2-18-9(17)4-7-10(11(14)15)6(5-12)3-8(13)16-7/h3,11H,2,4-5H2,1H3. The van der Waals surface area contributed by atoms with E-state index in [1.165, 1.54) is 6.07 Å². The third-order valence-corrected chi connectivity index (χ3v) is 3.18. The molecule has 100 valence electrons. The third kappa shape index (κ3) is 3.98. The van der Waals surface area contributed by atoms with E-state index < -0.39 is 12.4 Å². The second-order valence-electron chi connectivity index (χ2n) is 3.38. The molecule has 0 spiro atoms. The molecule has 3 nitrogen and oxygen atoms in total. The number of carbonyl (C=O) groups excluding carboxylic acids is 1. The van der Waals surface area contributed by atoms with Crippen LogP contribution in [0.25, 0.3) is 0 Å². The van der Waals surface area contributed by atoms with Gasteiger partial charge in [-0.3, -0.25) is 4.79 Å². The predicted octanol–water partition coefficient (Wildman–Crippen LogP) is 3.78. The highest BCUT2D eigenvalue weighted by Crippen LogP contribution is 2.29. The molecule has 0 unspecified atom stereocenters. The first-order valence-corrected chi connectivity index (χ1v) is 7.09. The van der Waals surface area contributed by atoms with Gasteiger partial charge >= 0.3 is 5.97 Å². The van der Waals surface area contributed by atoms with Crippen LogP contribution in [0.15, 0.2) is 10.7 Å². The lowest BCUT2D eigenvalue weighted by molar-refractivity contribution is -0.142. The van der Waals surface area contributed by atoms with Crippen LogP contribution in [0.5, 0.6) is 0 Å². The Kier molecular flexibility index (Phi) is 6.14. The average molecular weight is 387 g/mol. The molecule has 0 saturated carbocycles. The molecule has 7 heteroatoms. The van der Waals surface area contributed by atoms with Crippen LogP contribution in [-0.4, -0.2) is 17.6 Å². The van der Waals surface area contributed by atoms with E-state index in [9.17, 15) is 13.6 Å². The van der Waals surface area contributed by atoms with Crippen molar-refractivity contribution in [2.45, 2.75) is 25.1 Å². The van der Waals surface area contributed by atoms with Crippen LogP contribution in [0.4, 0.5) is 8.78 Å². The van der Waals surface area contributed by atoms with Crippen molar-refractivity contribution in [2.75, 3.05) is 6.61 Å². The van der Waals surface area contributed by atoms with Gasteiger partial charge in [0, 0.05) is 10.9 Å². The van der Waals surface area contributed by atoms with Crippen LogP contribution >= 0.6 is 31.9 Å². The van der Waals surface area contributed by atoms with Crippen molar-refractivity contribution in [3.8, 4) is 0 Å². The first-order valence-electron chi connectivity index (χ1n) is 5.17. The van der Waals surface area contributed by atoms with E-state index >= 15 is 0 Å². The molecule has 0 aromatic carbocycles. The summed E-state index contributed by atoms with van der Waals surface area (Å²) in [7, 11) is 0. The molecule has 0 radical (unpaired) electrons. The fourth-order valence-corrected chi connectivity index (χ4v) is 2.44. The molecule has 0 fully saturated rings. The van der Waals surface area contributed by atoms with E-state index in [-0.39, 0.29) is 29.6 Å². The summed E-state index contributed by atoms with van der Waals surface area (Å²) in [4.78, 5) is 15.3. The van der Waals surface area contributed by atoms with Gasteiger partial charge in [0.05, 0.1) is 18.7 Å². The quantitative estimate of drug-likeness (QED) is 0.439. The monoisotopic (exact) mass is 385 g/mol. The van der Waals surface area contributed by atoms with E-state index in [4.69, 9.17) is 4.74 Å². The zero-order chi connectivity index (χ0) is 13.7. The normalized spacial score (nSPS) is 10.8. The van der Waals surface area contributed by atoms with E-state index in [2.05, 4.69) is 36.8 Å². The van der Waals surface area contributed by atoms with Crippen molar-refractivity contribution < 1.29 is 18.3 Å². The van der Waals surface area contributed by atoms with Crippen molar-refractivity contribution in [3.63, 3.8) is 0 Å². The minimum Gasteiger partial charge on any atom is -0.466 e. The smallest absolute Gasteiger partial charge is 0.311 e. The van der Waals surface area contributed by atoms with Gasteiger partial charge in [0.15, 0.2) is 0 Å². The molecular weight excluding hydrogens is 376 g/mol. The van der Waals surface area contributed by atoms with Crippen molar-refractivity contribution >= 4 is 37.8 Å². The van der Waals surface area contributed by atoms with Crippen LogP contribution in [0.1, 0.15) is 30.2 Å². The fraction of sp³-hybridized carbons (Fsp3) is 0.455. The molecule has 0 saturated heterocycles. The highest BCUT2D eigenvalue weighted by molar-refractivity contribution is 9.10. The van der Waals surface area contributed by atoms with E-state index in [0.29, 0.717) is 10.2 Å². The first kappa shape index (κ1) is 15.5. The van der Waals surface area contributed by atoms with Gasteiger partial charge < -0.3 is 4.74 Å². The molecule has 0 aliphatic carbocycles. The number of nitrogens with zero attached hydrogens (tertiary/aromatic N) is 1. The second-order valence-corrected chi connectivity index (χ2v) is 4.75. The van der Waals surface area contributed by atoms with Crippen molar-refractivity contribution in [1.29, 1.82) is 0 Å². The molecule has 0 aliphatic heterocycles. The molecule has 1 rings (SSSR count). The summed E-state index contributed by atoms with van der Waals surface area (Å²) in [5.41, 5.74) is 0.251. The van der Waals surface area contributed by atoms with Gasteiger partial charge in [-0.1, -0.05) is 15.9 Å². The van der Waals surface area contributed by atoms with Gasteiger partial charge in [-0.15, -0.1) is 0 Å². The van der Waals surface area contributed by atoms with Gasteiger partial charge in [-0.25, -0.2) is 13.8 Å². The number of rotatable bonds is 5. The molecule has 1 aromatic heterocycles. The van der Waals surface area contributed by atoms with E-state index in [1.54, 1.807) is 6.92 Å². The molecule has 0 N–H and O–H groups in total. The topological polar surface area (TPSA) is 39.2 Å². The van der Waals surface area contributed by atoms with Crippen LogP contribution in [0.2, 0.25) is 0 Å². The van der Waals surface area contributed by atoms with Crippen molar-refractivity contribution in [1.82, 2.24) is 4.98 Å². The highest BCUT2D eigenvalue weighted by Gasteiger charge is 2.21. The van der Waals surface area contributed by atoms with Gasteiger partial charge in [0.2, 0.25) is 0 Å². The molecule has 0 bridgehead atoms. The minimum atomic E-state index is -2.68. The Balaban J connectivity index is 3.15. The SMILES string of the molecule is CCOC(=O)Cc1nc(Br)cc(CBr)c1C(F)F. The highest BCUT2D eigenvalue weighted by atomic mass is 79.9. The number of halogens is 4. The van der Waals surface area contributed by atoms with Crippen LogP contribution in [-0.2, 0) is 21.3 Å². The van der Waals surface area contributed by atoms with Crippen LogP contribution in [0.3, 0.4) is 0 Å². The molecule has 1 aromatic rings. The minimum absolute atomic E-state index is 0.0484. The summed E-state index contributed by atoms with van der Waals surface area (Å²) >= 11 is 6.28. The maximum atomic E-state index is 13.0. The van der Waals surface area contributed by atoms with Gasteiger partial charge in [-0.05, 0) is 34.5 Å². The first-order chi connectivity index (χ1) is 8.49. The van der Waals surface area contributed by atoms with Gasteiger partial charge in [0.25, 0.3) is 6.43 Å². The molecular formula is C11H11Br2F2NO2. The number of aromatic nitrogens is 1. The molecule has 0 atom stereocenters. The lowest BCUT2D eigenvalue weighted by atomic mass is 10.1. The summed E-state index contributed by atoms with van der Waals surface area (Å²) < 4.78 is 31.2. The summed E-state index contributed by atoms with van der Waals surface area (Å²) in [6.07, 6.45) is -2.94. The number of hydrogen-bond acceptors (Lipinski definition) is 3. The number of hydrogen-bond donors (Lipinski definition) is 0. The fourth-order valence-electron chi connectivity index (χ4n) is 1.49. The Morgan fingerprint density at radius 3 is 2.72 bits per heavy atom. The average Bonchev–Trinajstić information content (AvgIpc) is 2.27. The summed E-state index contributed by atoms with van der Waals surface area (Å²) in [6, 6.07) is 1.50. The Labute approximate surface area is 120 Å². The second kappa shape index (κ2) is 7.13. The maximum absolute atomic E-state index is 13.0. The number of ether oxygens (including phenoxy) is 1. The van der Waals surface area contributed by atoms with E-state index in [0.717, 1.165) is 0 Å². The summed E-state index contributed by atoms with van der Waals surface area (Å²) in [6.45, 7) is 1.87. The number of carbonyl (C=O) groups is 1. The number of alkyl halides is 3. The third-order valence-electron chi connectivity index (χ3n) is 2.17. The molecule has 1 heterocycles. The van der Waals surface area contributed by atoms with Crippen molar-refractivity contribution in [3.05, 3.63) is 27.5 Å². The van der Waals surface area contributed by atoms with Crippen LogP contribution < -0.4 is 0 Å². The van der Waals surface area contributed by atoms with Gasteiger partial charge in [-0.2, -0.15) is 0 Å². The van der Waals surface area contributed by atoms with Crippen molar-refractivity contribution in [2.24, 2.45) is 0 Å². The Morgan fingerprint density at radius 1 is 1.56 bits per heavy atom. The molecule has 0 amide bonds. The summed E-state index contributed by atoms with van der Waals surface area (Å²) in [5, 5.41) is 0.267. The maximum Gasteiger partial charge on any atom is 0.311 e. The Morgan fingerprint density at radius 2 is 2.22 bits per heavy atom. The largest absolute Gasteiger partial charge is 0.466 e. The number of pyridine rings is 1. The molecule has 18 heavy (non-hydrogen) atoms. The zero-order valence-electron chi connectivity index (χ0n) is 9.55. The zero-order valence-corrected chi connectivity index (χ0v) is 12.7. The van der Waals surface area contributed by atoms with Crippen LogP contribution in [0, 0.1) is 0 Å². The van der Waals surface area contributed by atoms with E-state index in [1.807, 2.05) is 0 Å². The molecule has 0 aliphatic rings. The Hall–Kier alpha value is -0.560. The lowest BCUT2D eigenvalue weighted by Crippen LogP contribution is -2.12. The predicted molar refractivity (Wildman–Crippen MR) is 69.9 cm³/mol.